The maximum Gasteiger partial charge on any atom is 0.306 e. The molecular formula is C20H21ClN2O7. The van der Waals surface area contributed by atoms with Gasteiger partial charge in [0.25, 0.3) is 11.6 Å². The average Bonchev–Trinajstić information content (AvgIpc) is 2.73. The first-order chi connectivity index (χ1) is 14.2. The second-order valence-corrected chi connectivity index (χ2v) is 6.64. The Morgan fingerprint density at radius 3 is 2.43 bits per heavy atom. The maximum atomic E-state index is 12.2. The number of benzene rings is 2. The summed E-state index contributed by atoms with van der Waals surface area (Å²) in [7, 11) is 3.05. The Bertz CT molecular complexity index is 949. The lowest BCUT2D eigenvalue weighted by atomic mass is 10.1. The molecule has 0 saturated carbocycles. The molecule has 2 aromatic carbocycles. The van der Waals surface area contributed by atoms with Crippen molar-refractivity contribution in [1.29, 1.82) is 0 Å². The molecule has 2 aromatic rings. The number of nitro benzene ring substituents is 1. The molecule has 1 N–H and O–H groups in total. The Kier molecular flexibility index (Phi) is 7.99. The van der Waals surface area contributed by atoms with E-state index in [9.17, 15) is 19.7 Å². The van der Waals surface area contributed by atoms with Gasteiger partial charge in [-0.15, -0.1) is 0 Å². The highest BCUT2D eigenvalue weighted by molar-refractivity contribution is 6.34. The van der Waals surface area contributed by atoms with Gasteiger partial charge >= 0.3 is 5.97 Å². The number of nitro groups is 1. The molecular weight excluding hydrogens is 416 g/mol. The molecule has 1 unspecified atom stereocenters. The van der Waals surface area contributed by atoms with Gasteiger partial charge < -0.3 is 19.5 Å². The summed E-state index contributed by atoms with van der Waals surface area (Å²) < 4.78 is 15.5. The summed E-state index contributed by atoms with van der Waals surface area (Å²) in [6.45, 7) is 1.42. The van der Waals surface area contributed by atoms with Crippen LogP contribution in [0, 0.1) is 10.1 Å². The molecule has 0 aliphatic rings. The second kappa shape index (κ2) is 10.4. The van der Waals surface area contributed by atoms with Gasteiger partial charge in [0, 0.05) is 18.6 Å². The predicted molar refractivity (Wildman–Crippen MR) is 110 cm³/mol. The molecule has 160 valence electrons. The van der Waals surface area contributed by atoms with Crippen molar-refractivity contribution in [1.82, 2.24) is 0 Å². The summed E-state index contributed by atoms with van der Waals surface area (Å²) in [5.74, 6) is -0.0254. The van der Waals surface area contributed by atoms with Crippen molar-refractivity contribution < 1.29 is 28.7 Å². The smallest absolute Gasteiger partial charge is 0.306 e. The molecule has 0 bridgehead atoms. The molecule has 0 aliphatic carbocycles. The molecule has 0 aliphatic heterocycles. The number of aryl methyl sites for hydroxylation is 1. The fourth-order valence-electron chi connectivity index (χ4n) is 2.55. The molecule has 2 rings (SSSR count). The summed E-state index contributed by atoms with van der Waals surface area (Å²) in [6, 6.07) is 8.95. The van der Waals surface area contributed by atoms with Crippen LogP contribution in [0.15, 0.2) is 36.4 Å². The van der Waals surface area contributed by atoms with Crippen molar-refractivity contribution in [2.24, 2.45) is 0 Å². The summed E-state index contributed by atoms with van der Waals surface area (Å²) >= 11 is 5.95. The molecule has 0 spiro atoms. The third kappa shape index (κ3) is 6.08. The van der Waals surface area contributed by atoms with Crippen molar-refractivity contribution in [3.63, 3.8) is 0 Å². The van der Waals surface area contributed by atoms with E-state index in [2.05, 4.69) is 5.32 Å². The number of esters is 1. The van der Waals surface area contributed by atoms with Crippen molar-refractivity contribution >= 4 is 34.9 Å². The zero-order valence-corrected chi connectivity index (χ0v) is 17.4. The number of amides is 1. The van der Waals surface area contributed by atoms with E-state index in [0.29, 0.717) is 17.9 Å². The van der Waals surface area contributed by atoms with Gasteiger partial charge in [-0.3, -0.25) is 19.7 Å². The number of carbonyl (C=O) groups is 2. The maximum absolute atomic E-state index is 12.2. The summed E-state index contributed by atoms with van der Waals surface area (Å²) in [5, 5.41) is 13.2. The van der Waals surface area contributed by atoms with Crippen LogP contribution in [0.5, 0.6) is 11.5 Å². The molecule has 9 nitrogen and oxygen atoms in total. The van der Waals surface area contributed by atoms with E-state index in [0.717, 1.165) is 11.6 Å². The quantitative estimate of drug-likeness (QED) is 0.361. The van der Waals surface area contributed by atoms with Crippen molar-refractivity contribution in [3.05, 3.63) is 57.1 Å². The van der Waals surface area contributed by atoms with E-state index in [1.165, 1.54) is 33.3 Å². The van der Waals surface area contributed by atoms with Crippen LogP contribution < -0.4 is 14.8 Å². The highest BCUT2D eigenvalue weighted by Crippen LogP contribution is 2.28. The lowest BCUT2D eigenvalue weighted by Crippen LogP contribution is -2.30. The Morgan fingerprint density at radius 2 is 1.83 bits per heavy atom. The van der Waals surface area contributed by atoms with Gasteiger partial charge in [0.05, 0.1) is 29.9 Å². The molecule has 1 atom stereocenters. The molecule has 0 fully saturated rings. The number of anilines is 1. The number of methoxy groups -OCH3 is 2. The number of ether oxygens (including phenoxy) is 3. The zero-order valence-electron chi connectivity index (χ0n) is 16.6. The third-order valence-electron chi connectivity index (χ3n) is 4.16. The topological polar surface area (TPSA) is 117 Å². The van der Waals surface area contributed by atoms with Gasteiger partial charge in [0.1, 0.15) is 0 Å². The minimum atomic E-state index is -1.07. The zero-order chi connectivity index (χ0) is 22.3. The van der Waals surface area contributed by atoms with Crippen molar-refractivity contribution in [2.75, 3.05) is 19.5 Å². The van der Waals surface area contributed by atoms with E-state index in [1.54, 1.807) is 18.2 Å². The summed E-state index contributed by atoms with van der Waals surface area (Å²) in [6.07, 6.45) is -0.623. The third-order valence-corrected chi connectivity index (χ3v) is 4.48. The van der Waals surface area contributed by atoms with Gasteiger partial charge in [-0.1, -0.05) is 17.7 Å². The lowest BCUT2D eigenvalue weighted by molar-refractivity contribution is -0.384. The molecule has 0 saturated heterocycles. The highest BCUT2D eigenvalue weighted by Gasteiger charge is 2.20. The number of halogens is 1. The SMILES string of the molecule is COc1ccc(CCC(=O)OC(C)C(=O)Nc2ccc([N+](=O)[O-])cc2Cl)cc1OC. The molecule has 0 radical (unpaired) electrons. The summed E-state index contributed by atoms with van der Waals surface area (Å²) in [4.78, 5) is 34.5. The number of non-ortho nitro benzene ring substituents is 1. The minimum Gasteiger partial charge on any atom is -0.493 e. The van der Waals surface area contributed by atoms with Crippen LogP contribution in [-0.4, -0.2) is 37.1 Å². The van der Waals surface area contributed by atoms with Crippen LogP contribution >= 0.6 is 11.6 Å². The van der Waals surface area contributed by atoms with E-state index in [4.69, 9.17) is 25.8 Å². The van der Waals surface area contributed by atoms with Gasteiger partial charge in [-0.25, -0.2) is 0 Å². The van der Waals surface area contributed by atoms with Crippen LogP contribution in [0.25, 0.3) is 0 Å². The van der Waals surface area contributed by atoms with Crippen molar-refractivity contribution in [2.45, 2.75) is 25.9 Å². The number of hydrogen-bond acceptors (Lipinski definition) is 7. The Hall–Kier alpha value is -3.33. The molecule has 0 aromatic heterocycles. The van der Waals surface area contributed by atoms with E-state index in [-0.39, 0.29) is 22.8 Å². The van der Waals surface area contributed by atoms with Crippen molar-refractivity contribution in [3.8, 4) is 11.5 Å². The standard InChI is InChI=1S/C20H21ClN2O7/c1-12(20(25)22-16-7-6-14(23(26)27)11-15(16)21)30-19(24)9-5-13-4-8-17(28-2)18(10-13)29-3/h4,6-8,10-12H,5,9H2,1-3H3,(H,22,25). The van der Waals surface area contributed by atoms with E-state index >= 15 is 0 Å². The molecule has 1 amide bonds. The van der Waals surface area contributed by atoms with Gasteiger partial charge in [0.2, 0.25) is 0 Å². The average molecular weight is 437 g/mol. The van der Waals surface area contributed by atoms with Gasteiger partial charge in [0.15, 0.2) is 17.6 Å². The Labute approximate surface area is 178 Å². The van der Waals surface area contributed by atoms with Gasteiger partial charge in [-0.2, -0.15) is 0 Å². The van der Waals surface area contributed by atoms with E-state index < -0.39 is 22.9 Å². The first kappa shape index (κ1) is 23.0. The largest absolute Gasteiger partial charge is 0.493 e. The molecule has 30 heavy (non-hydrogen) atoms. The highest BCUT2D eigenvalue weighted by atomic mass is 35.5. The number of rotatable bonds is 9. The number of nitrogens with zero attached hydrogens (tertiary/aromatic N) is 1. The second-order valence-electron chi connectivity index (χ2n) is 6.23. The monoisotopic (exact) mass is 436 g/mol. The number of carbonyl (C=O) groups excluding carboxylic acids is 2. The minimum absolute atomic E-state index is 0.00419. The number of nitrogens with one attached hydrogen (secondary N) is 1. The molecule has 10 heteroatoms. The van der Waals surface area contributed by atoms with Crippen LogP contribution in [0.3, 0.4) is 0 Å². The van der Waals surface area contributed by atoms with Gasteiger partial charge in [-0.05, 0) is 37.1 Å². The lowest BCUT2D eigenvalue weighted by Gasteiger charge is -2.14. The van der Waals surface area contributed by atoms with Crippen LogP contribution in [-0.2, 0) is 20.7 Å². The van der Waals surface area contributed by atoms with Crippen LogP contribution in [0.4, 0.5) is 11.4 Å². The Balaban J connectivity index is 1.89. The predicted octanol–water partition coefficient (Wildman–Crippen LogP) is 3.77. The molecule has 0 heterocycles. The first-order valence-electron chi connectivity index (χ1n) is 8.90. The summed E-state index contributed by atoms with van der Waals surface area (Å²) in [5.41, 5.74) is 0.826. The number of hydrogen-bond donors (Lipinski definition) is 1. The van der Waals surface area contributed by atoms with Crippen LogP contribution in [0.1, 0.15) is 18.9 Å². The normalized spacial score (nSPS) is 11.3. The first-order valence-corrected chi connectivity index (χ1v) is 9.28. The fraction of sp³-hybridized carbons (Fsp3) is 0.300. The van der Waals surface area contributed by atoms with E-state index in [1.807, 2.05) is 0 Å². The van der Waals surface area contributed by atoms with Crippen LogP contribution in [0.2, 0.25) is 5.02 Å². The Morgan fingerprint density at radius 1 is 1.13 bits per heavy atom. The fourth-order valence-corrected chi connectivity index (χ4v) is 2.77.